The summed E-state index contributed by atoms with van der Waals surface area (Å²) in [4.78, 5) is 14.0. The predicted molar refractivity (Wildman–Crippen MR) is 87.9 cm³/mol. The van der Waals surface area contributed by atoms with Crippen LogP contribution in [0, 0.1) is 0 Å². The summed E-state index contributed by atoms with van der Waals surface area (Å²) >= 11 is 0. The van der Waals surface area contributed by atoms with Crippen molar-refractivity contribution in [1.82, 2.24) is 10.2 Å². The topological polar surface area (TPSA) is 76.8 Å². The van der Waals surface area contributed by atoms with Crippen molar-refractivity contribution in [1.29, 1.82) is 0 Å². The van der Waals surface area contributed by atoms with Gasteiger partial charge in [0.05, 0.1) is 6.10 Å². The zero-order valence-electron chi connectivity index (χ0n) is 14.6. The molecule has 1 atom stereocenters. The molecule has 3 N–H and O–H groups in total. The van der Waals surface area contributed by atoms with E-state index in [1.807, 2.05) is 27.7 Å². The van der Waals surface area contributed by atoms with Gasteiger partial charge in [-0.15, -0.1) is 0 Å². The van der Waals surface area contributed by atoms with Crippen LogP contribution in [0.25, 0.3) is 0 Å². The van der Waals surface area contributed by atoms with Gasteiger partial charge in [-0.05, 0) is 47.0 Å². The normalized spacial score (nSPS) is 19.0. The Morgan fingerprint density at radius 1 is 1.36 bits per heavy atom. The van der Waals surface area contributed by atoms with Gasteiger partial charge < -0.3 is 20.5 Å². The van der Waals surface area contributed by atoms with Crippen molar-refractivity contribution < 1.29 is 14.3 Å². The van der Waals surface area contributed by atoms with Crippen LogP contribution in [0.15, 0.2) is 0 Å². The molecule has 1 aliphatic heterocycles. The van der Waals surface area contributed by atoms with Gasteiger partial charge in [0.1, 0.15) is 5.60 Å². The van der Waals surface area contributed by atoms with Crippen LogP contribution in [-0.4, -0.2) is 61.5 Å². The summed E-state index contributed by atoms with van der Waals surface area (Å²) in [5, 5.41) is 2.80. The summed E-state index contributed by atoms with van der Waals surface area (Å²) in [5.41, 5.74) is 5.44. The Labute approximate surface area is 134 Å². The standard InChI is InChI=1S/C16H33N3O3/c1-5-21-14-7-10-19(11-8-14)13(12-17)6-9-18-15(20)22-16(2,3)4/h13-14H,5-12,17H2,1-4H3,(H,18,20). The molecule has 0 saturated carbocycles. The lowest BCUT2D eigenvalue weighted by Gasteiger charge is -2.37. The van der Waals surface area contributed by atoms with Crippen LogP contribution in [0.3, 0.4) is 0 Å². The molecule has 1 saturated heterocycles. The number of nitrogens with one attached hydrogen (secondary N) is 1. The minimum Gasteiger partial charge on any atom is -0.444 e. The van der Waals surface area contributed by atoms with Crippen molar-refractivity contribution in [2.24, 2.45) is 5.73 Å². The van der Waals surface area contributed by atoms with E-state index in [0.717, 1.165) is 39.0 Å². The summed E-state index contributed by atoms with van der Waals surface area (Å²) in [5.74, 6) is 0. The second-order valence-corrected chi connectivity index (χ2v) is 6.80. The van der Waals surface area contributed by atoms with Crippen LogP contribution >= 0.6 is 0 Å². The van der Waals surface area contributed by atoms with E-state index in [1.54, 1.807) is 0 Å². The van der Waals surface area contributed by atoms with Gasteiger partial charge in [0.2, 0.25) is 0 Å². The number of nitrogens with two attached hydrogens (primary N) is 1. The molecular weight excluding hydrogens is 282 g/mol. The Kier molecular flexibility index (Phi) is 8.14. The minimum absolute atomic E-state index is 0.303. The van der Waals surface area contributed by atoms with Crippen LogP contribution in [0.2, 0.25) is 0 Å². The highest BCUT2D eigenvalue weighted by atomic mass is 16.6. The Hall–Kier alpha value is -0.850. The SMILES string of the molecule is CCOC1CCN(C(CN)CCNC(=O)OC(C)(C)C)CC1. The molecule has 0 aromatic heterocycles. The minimum atomic E-state index is -0.460. The van der Waals surface area contributed by atoms with Gasteiger partial charge in [-0.2, -0.15) is 0 Å². The van der Waals surface area contributed by atoms with E-state index in [9.17, 15) is 4.79 Å². The number of hydrogen-bond acceptors (Lipinski definition) is 5. The lowest BCUT2D eigenvalue weighted by Crippen LogP contribution is -2.48. The molecule has 1 amide bonds. The molecule has 22 heavy (non-hydrogen) atoms. The molecule has 6 heteroatoms. The molecule has 1 aliphatic rings. The van der Waals surface area contributed by atoms with Crippen LogP contribution < -0.4 is 11.1 Å². The molecule has 1 heterocycles. The van der Waals surface area contributed by atoms with E-state index in [1.165, 1.54) is 0 Å². The third-order valence-corrected chi connectivity index (χ3v) is 3.81. The zero-order chi connectivity index (χ0) is 16.6. The second kappa shape index (κ2) is 9.33. The quantitative estimate of drug-likeness (QED) is 0.748. The maximum atomic E-state index is 11.6. The van der Waals surface area contributed by atoms with Crippen molar-refractivity contribution in [3.05, 3.63) is 0 Å². The van der Waals surface area contributed by atoms with E-state index < -0.39 is 5.60 Å². The lowest BCUT2D eigenvalue weighted by atomic mass is 10.0. The third-order valence-electron chi connectivity index (χ3n) is 3.81. The Balaban J connectivity index is 2.27. The first-order valence-electron chi connectivity index (χ1n) is 8.38. The summed E-state index contributed by atoms with van der Waals surface area (Å²) in [6.07, 6.45) is 2.99. The van der Waals surface area contributed by atoms with Crippen molar-refractivity contribution >= 4 is 6.09 Å². The number of likely N-dealkylation sites (tertiary alicyclic amines) is 1. The van der Waals surface area contributed by atoms with Gasteiger partial charge in [0.25, 0.3) is 0 Å². The molecule has 0 bridgehead atoms. The molecule has 0 radical (unpaired) electrons. The molecular formula is C16H33N3O3. The predicted octanol–water partition coefficient (Wildman–Crippen LogP) is 1.73. The number of alkyl carbamates (subject to hydrolysis) is 1. The van der Waals surface area contributed by atoms with Gasteiger partial charge in [-0.3, -0.25) is 4.90 Å². The maximum absolute atomic E-state index is 11.6. The van der Waals surface area contributed by atoms with E-state index in [4.69, 9.17) is 15.2 Å². The van der Waals surface area contributed by atoms with Crippen molar-refractivity contribution in [2.75, 3.05) is 32.8 Å². The highest BCUT2D eigenvalue weighted by molar-refractivity contribution is 5.67. The number of nitrogens with zero attached hydrogens (tertiary/aromatic N) is 1. The summed E-state index contributed by atoms with van der Waals surface area (Å²) < 4.78 is 10.9. The van der Waals surface area contributed by atoms with Gasteiger partial charge in [0.15, 0.2) is 0 Å². The molecule has 0 aromatic carbocycles. The molecule has 1 fully saturated rings. The summed E-state index contributed by atoms with van der Waals surface area (Å²) in [6.45, 7) is 11.6. The van der Waals surface area contributed by atoms with E-state index in [-0.39, 0.29) is 6.09 Å². The molecule has 0 aliphatic carbocycles. The third kappa shape index (κ3) is 7.42. The monoisotopic (exact) mass is 315 g/mol. The highest BCUT2D eigenvalue weighted by Crippen LogP contribution is 2.17. The molecule has 0 spiro atoms. The van der Waals surface area contributed by atoms with Gasteiger partial charge >= 0.3 is 6.09 Å². The first kappa shape index (κ1) is 19.2. The second-order valence-electron chi connectivity index (χ2n) is 6.80. The number of rotatable bonds is 7. The van der Waals surface area contributed by atoms with Crippen molar-refractivity contribution in [3.63, 3.8) is 0 Å². The molecule has 0 aromatic rings. The fraction of sp³-hybridized carbons (Fsp3) is 0.938. The Bertz CT molecular complexity index is 323. The largest absolute Gasteiger partial charge is 0.444 e. The average Bonchev–Trinajstić information content (AvgIpc) is 2.43. The fourth-order valence-electron chi connectivity index (χ4n) is 2.75. The molecule has 1 unspecified atom stereocenters. The number of amides is 1. The summed E-state index contributed by atoms with van der Waals surface area (Å²) in [7, 11) is 0. The first-order valence-corrected chi connectivity index (χ1v) is 8.38. The van der Waals surface area contributed by atoms with Crippen molar-refractivity contribution in [2.45, 2.75) is 64.7 Å². The van der Waals surface area contributed by atoms with Crippen LogP contribution in [-0.2, 0) is 9.47 Å². The molecule has 130 valence electrons. The van der Waals surface area contributed by atoms with Gasteiger partial charge in [-0.1, -0.05) is 0 Å². The zero-order valence-corrected chi connectivity index (χ0v) is 14.6. The lowest BCUT2D eigenvalue weighted by molar-refractivity contribution is 0.00389. The van der Waals surface area contributed by atoms with Gasteiger partial charge in [-0.25, -0.2) is 4.79 Å². The average molecular weight is 315 g/mol. The number of hydrogen-bond donors (Lipinski definition) is 2. The van der Waals surface area contributed by atoms with Crippen LogP contribution in [0.5, 0.6) is 0 Å². The smallest absolute Gasteiger partial charge is 0.407 e. The van der Waals surface area contributed by atoms with E-state index in [0.29, 0.717) is 25.2 Å². The number of ether oxygens (including phenoxy) is 2. The molecule has 1 rings (SSSR count). The number of carbonyl (C=O) groups is 1. The number of carbonyl (C=O) groups excluding carboxylic acids is 1. The van der Waals surface area contributed by atoms with Gasteiger partial charge in [0, 0.05) is 38.8 Å². The number of piperidine rings is 1. The molecule has 6 nitrogen and oxygen atoms in total. The van der Waals surface area contributed by atoms with E-state index >= 15 is 0 Å². The van der Waals surface area contributed by atoms with Crippen molar-refractivity contribution in [3.8, 4) is 0 Å². The van der Waals surface area contributed by atoms with Crippen LogP contribution in [0.1, 0.15) is 47.0 Å². The maximum Gasteiger partial charge on any atom is 0.407 e. The Morgan fingerprint density at radius 2 is 2.00 bits per heavy atom. The van der Waals surface area contributed by atoms with E-state index in [2.05, 4.69) is 10.2 Å². The first-order chi connectivity index (χ1) is 10.4. The fourth-order valence-corrected chi connectivity index (χ4v) is 2.75. The Morgan fingerprint density at radius 3 is 2.50 bits per heavy atom. The van der Waals surface area contributed by atoms with Crippen LogP contribution in [0.4, 0.5) is 4.79 Å². The highest BCUT2D eigenvalue weighted by Gasteiger charge is 2.24. The summed E-state index contributed by atoms with van der Waals surface area (Å²) in [6, 6.07) is 0.303.